The first-order valence-electron chi connectivity index (χ1n) is 7.37. The molecule has 4 heteroatoms. The van der Waals surface area contributed by atoms with Crippen molar-refractivity contribution in [2.45, 2.75) is 42.8 Å². The molecule has 2 aromatic rings. The summed E-state index contributed by atoms with van der Waals surface area (Å²) in [5.74, 6) is 1.20. The van der Waals surface area contributed by atoms with Gasteiger partial charge in [-0.15, -0.1) is 11.8 Å². The van der Waals surface area contributed by atoms with E-state index in [1.165, 1.54) is 41.2 Å². The minimum absolute atomic E-state index is 0.481. The maximum Gasteiger partial charge on any atom is 0.0951 e. The Labute approximate surface area is 123 Å². The summed E-state index contributed by atoms with van der Waals surface area (Å²) >= 11 is 1.98. The lowest BCUT2D eigenvalue weighted by atomic mass is 10.0. The van der Waals surface area contributed by atoms with Gasteiger partial charge in [0.25, 0.3) is 0 Å². The molecule has 20 heavy (non-hydrogen) atoms. The molecule has 1 fully saturated rings. The van der Waals surface area contributed by atoms with E-state index in [1.807, 2.05) is 24.3 Å². The van der Waals surface area contributed by atoms with Gasteiger partial charge in [-0.3, -0.25) is 0 Å². The highest BCUT2D eigenvalue weighted by Gasteiger charge is 2.26. The number of imidazole rings is 1. The standard InChI is InChI=1S/C16H19N3S/c1-2-4-16-14(3-1)15(7-8-20-16)18-10-13-9-17-11-19(13)12-5-6-12/h1-4,9,11-12,15,18H,5-8,10H2. The molecule has 104 valence electrons. The van der Waals surface area contributed by atoms with Crippen molar-refractivity contribution >= 4 is 11.8 Å². The third-order valence-electron chi connectivity index (χ3n) is 4.17. The number of hydrogen-bond acceptors (Lipinski definition) is 3. The molecular formula is C16H19N3S. The minimum Gasteiger partial charge on any atom is -0.330 e. The van der Waals surface area contributed by atoms with Gasteiger partial charge >= 0.3 is 0 Å². The van der Waals surface area contributed by atoms with E-state index >= 15 is 0 Å². The molecular weight excluding hydrogens is 266 g/mol. The van der Waals surface area contributed by atoms with Crippen LogP contribution in [0, 0.1) is 0 Å². The molecule has 4 rings (SSSR count). The van der Waals surface area contributed by atoms with Gasteiger partial charge < -0.3 is 9.88 Å². The number of aromatic nitrogens is 2. The fourth-order valence-corrected chi connectivity index (χ4v) is 4.06. The highest BCUT2D eigenvalue weighted by Crippen LogP contribution is 2.37. The first-order chi connectivity index (χ1) is 9.92. The van der Waals surface area contributed by atoms with Crippen LogP contribution in [0.25, 0.3) is 0 Å². The van der Waals surface area contributed by atoms with Crippen molar-refractivity contribution in [2.24, 2.45) is 0 Å². The van der Waals surface area contributed by atoms with Crippen LogP contribution in [-0.2, 0) is 6.54 Å². The topological polar surface area (TPSA) is 29.9 Å². The predicted octanol–water partition coefficient (Wildman–Crippen LogP) is 3.54. The van der Waals surface area contributed by atoms with E-state index in [0.717, 1.165) is 6.54 Å². The van der Waals surface area contributed by atoms with Gasteiger partial charge in [0.1, 0.15) is 0 Å². The molecule has 1 unspecified atom stereocenters. The molecule has 1 aliphatic heterocycles. The molecule has 1 N–H and O–H groups in total. The van der Waals surface area contributed by atoms with Crippen LogP contribution in [0.15, 0.2) is 41.7 Å². The predicted molar refractivity (Wildman–Crippen MR) is 81.9 cm³/mol. The Balaban J connectivity index is 1.48. The summed E-state index contributed by atoms with van der Waals surface area (Å²) in [5, 5.41) is 3.73. The molecule has 1 aliphatic carbocycles. The van der Waals surface area contributed by atoms with Crippen LogP contribution in [0.1, 0.15) is 42.6 Å². The first-order valence-corrected chi connectivity index (χ1v) is 8.36. The number of rotatable bonds is 4. The Kier molecular flexibility index (Phi) is 3.28. The van der Waals surface area contributed by atoms with Gasteiger partial charge in [-0.25, -0.2) is 4.98 Å². The van der Waals surface area contributed by atoms with Crippen molar-refractivity contribution in [1.29, 1.82) is 0 Å². The lowest BCUT2D eigenvalue weighted by Gasteiger charge is -2.26. The second-order valence-electron chi connectivity index (χ2n) is 5.63. The second kappa shape index (κ2) is 5.26. The molecule has 1 aromatic carbocycles. The van der Waals surface area contributed by atoms with Crippen LogP contribution in [0.3, 0.4) is 0 Å². The molecule has 2 aliphatic rings. The number of nitrogens with zero attached hydrogens (tertiary/aromatic N) is 2. The average molecular weight is 285 g/mol. The van der Waals surface area contributed by atoms with E-state index < -0.39 is 0 Å². The summed E-state index contributed by atoms with van der Waals surface area (Å²) in [7, 11) is 0. The summed E-state index contributed by atoms with van der Waals surface area (Å²) in [6.45, 7) is 0.917. The number of hydrogen-bond donors (Lipinski definition) is 1. The third-order valence-corrected chi connectivity index (χ3v) is 5.30. The summed E-state index contributed by atoms with van der Waals surface area (Å²) in [5.41, 5.74) is 2.78. The Morgan fingerprint density at radius 1 is 1.25 bits per heavy atom. The van der Waals surface area contributed by atoms with Crippen molar-refractivity contribution < 1.29 is 0 Å². The van der Waals surface area contributed by atoms with Crippen molar-refractivity contribution in [1.82, 2.24) is 14.9 Å². The minimum atomic E-state index is 0.481. The zero-order chi connectivity index (χ0) is 13.4. The van der Waals surface area contributed by atoms with Gasteiger partial charge in [0.05, 0.1) is 12.0 Å². The van der Waals surface area contributed by atoms with E-state index in [0.29, 0.717) is 12.1 Å². The van der Waals surface area contributed by atoms with Crippen LogP contribution in [0.2, 0.25) is 0 Å². The fraction of sp³-hybridized carbons (Fsp3) is 0.438. The first kappa shape index (κ1) is 12.5. The highest BCUT2D eigenvalue weighted by molar-refractivity contribution is 7.99. The van der Waals surface area contributed by atoms with Crippen molar-refractivity contribution in [3.8, 4) is 0 Å². The monoisotopic (exact) mass is 285 g/mol. The van der Waals surface area contributed by atoms with Crippen LogP contribution < -0.4 is 5.32 Å². The van der Waals surface area contributed by atoms with Gasteiger partial charge in [-0.2, -0.15) is 0 Å². The Morgan fingerprint density at radius 3 is 3.05 bits per heavy atom. The van der Waals surface area contributed by atoms with Gasteiger partial charge in [0, 0.05) is 29.7 Å². The van der Waals surface area contributed by atoms with E-state index in [4.69, 9.17) is 0 Å². The quantitative estimate of drug-likeness (QED) is 0.931. The lowest BCUT2D eigenvalue weighted by Crippen LogP contribution is -2.25. The summed E-state index contributed by atoms with van der Waals surface area (Å²) in [6, 6.07) is 9.97. The molecule has 1 aromatic heterocycles. The smallest absolute Gasteiger partial charge is 0.0951 e. The maximum absolute atomic E-state index is 4.31. The number of nitrogens with one attached hydrogen (secondary N) is 1. The molecule has 0 bridgehead atoms. The SMILES string of the molecule is c1ccc2c(c1)SCCC2NCc1cncn1C1CC1. The fourth-order valence-electron chi connectivity index (χ4n) is 2.93. The molecule has 0 saturated heterocycles. The number of fused-ring (bicyclic) bond motifs is 1. The van der Waals surface area contributed by atoms with Crippen molar-refractivity contribution in [2.75, 3.05) is 5.75 Å². The van der Waals surface area contributed by atoms with E-state index in [2.05, 4.69) is 39.1 Å². The molecule has 0 spiro atoms. The van der Waals surface area contributed by atoms with Gasteiger partial charge in [-0.05, 0) is 36.6 Å². The van der Waals surface area contributed by atoms with E-state index in [-0.39, 0.29) is 0 Å². The largest absolute Gasteiger partial charge is 0.330 e. The van der Waals surface area contributed by atoms with E-state index in [9.17, 15) is 0 Å². The maximum atomic E-state index is 4.31. The Morgan fingerprint density at radius 2 is 2.15 bits per heavy atom. The molecule has 0 amide bonds. The summed E-state index contributed by atoms with van der Waals surface area (Å²) < 4.78 is 2.34. The molecule has 2 heterocycles. The molecule has 1 saturated carbocycles. The summed E-state index contributed by atoms with van der Waals surface area (Å²) in [6.07, 6.45) is 7.83. The zero-order valence-electron chi connectivity index (χ0n) is 11.5. The van der Waals surface area contributed by atoms with Crippen molar-refractivity contribution in [3.05, 3.63) is 48.0 Å². The van der Waals surface area contributed by atoms with Crippen LogP contribution in [0.4, 0.5) is 0 Å². The van der Waals surface area contributed by atoms with Gasteiger partial charge in [-0.1, -0.05) is 18.2 Å². The summed E-state index contributed by atoms with van der Waals surface area (Å²) in [4.78, 5) is 5.75. The number of thioether (sulfide) groups is 1. The Bertz CT molecular complexity index is 603. The Hall–Kier alpha value is -1.26. The third kappa shape index (κ3) is 2.38. The van der Waals surface area contributed by atoms with Crippen LogP contribution >= 0.6 is 11.8 Å². The van der Waals surface area contributed by atoms with E-state index in [1.54, 1.807) is 0 Å². The lowest BCUT2D eigenvalue weighted by molar-refractivity contribution is 0.495. The van der Waals surface area contributed by atoms with Gasteiger partial charge in [0.15, 0.2) is 0 Å². The molecule has 1 atom stereocenters. The average Bonchev–Trinajstić information content (AvgIpc) is 3.24. The highest BCUT2D eigenvalue weighted by atomic mass is 32.2. The second-order valence-corrected chi connectivity index (χ2v) is 6.77. The zero-order valence-corrected chi connectivity index (χ0v) is 12.3. The molecule has 3 nitrogen and oxygen atoms in total. The molecule has 0 radical (unpaired) electrons. The normalized spacial score (nSPS) is 21.7. The van der Waals surface area contributed by atoms with Crippen molar-refractivity contribution in [3.63, 3.8) is 0 Å². The number of benzene rings is 1. The van der Waals surface area contributed by atoms with Crippen LogP contribution in [-0.4, -0.2) is 15.3 Å². The van der Waals surface area contributed by atoms with Crippen LogP contribution in [0.5, 0.6) is 0 Å². The van der Waals surface area contributed by atoms with Gasteiger partial charge in [0.2, 0.25) is 0 Å².